The molecule has 4 rings (SSSR count). The average molecular weight is 496 g/mol. The van der Waals surface area contributed by atoms with Crippen molar-refractivity contribution in [3.63, 3.8) is 0 Å². The Morgan fingerprint density at radius 2 is 1.91 bits per heavy atom. The minimum Gasteiger partial charge on any atom is -0.497 e. The quantitative estimate of drug-likeness (QED) is 0.326. The van der Waals surface area contributed by atoms with Crippen LogP contribution in [0.4, 0.5) is 0 Å². The van der Waals surface area contributed by atoms with Crippen molar-refractivity contribution in [2.24, 2.45) is 0 Å². The molecule has 0 atom stereocenters. The van der Waals surface area contributed by atoms with Crippen LogP contribution in [0.3, 0.4) is 0 Å². The summed E-state index contributed by atoms with van der Waals surface area (Å²) in [6.45, 7) is 6.30. The molecular weight excluding hydrogens is 462 g/mol. The van der Waals surface area contributed by atoms with Gasteiger partial charge in [0, 0.05) is 53.8 Å². The lowest BCUT2D eigenvalue weighted by Gasteiger charge is -2.32. The van der Waals surface area contributed by atoms with Gasteiger partial charge < -0.3 is 24.6 Å². The lowest BCUT2D eigenvalue weighted by atomic mass is 10.1. The smallest absolute Gasteiger partial charge is 0.336 e. The molecule has 0 unspecified atom stereocenters. The molecule has 7 nitrogen and oxygen atoms in total. The summed E-state index contributed by atoms with van der Waals surface area (Å²) in [5, 5.41) is 14.0. The minimum absolute atomic E-state index is 0.0294. The van der Waals surface area contributed by atoms with Crippen molar-refractivity contribution in [2.45, 2.75) is 37.2 Å². The van der Waals surface area contributed by atoms with E-state index in [1.54, 1.807) is 37.1 Å². The summed E-state index contributed by atoms with van der Waals surface area (Å²) in [4.78, 5) is 27.3. The molecule has 1 aliphatic rings. The number of nitrogens with one attached hydrogen (secondary N) is 1. The summed E-state index contributed by atoms with van der Waals surface area (Å²) in [5.74, 6) is 0.707. The maximum Gasteiger partial charge on any atom is 0.336 e. The van der Waals surface area contributed by atoms with Crippen molar-refractivity contribution in [1.29, 1.82) is 0 Å². The van der Waals surface area contributed by atoms with Gasteiger partial charge in [0.2, 0.25) is 0 Å². The number of likely N-dealkylation sites (tertiary alicyclic amines) is 1. The maximum absolute atomic E-state index is 12.7. The van der Waals surface area contributed by atoms with Crippen molar-refractivity contribution < 1.29 is 14.6 Å². The normalized spacial score (nSPS) is 14.9. The van der Waals surface area contributed by atoms with Gasteiger partial charge in [-0.2, -0.15) is 0 Å². The standard InChI is InChI=1S/C27H33N3O4S/c1-19-17-26(31)30(24-18-21(34-2)7-8-22(19)24)15-14-29-12-9-20(10-13-29)28-11-16-35-25-6-4-3-5-23(25)27(32)33/h3-8,17-18,20,28H,9-16H2,1-2H3,(H,32,33). The van der Waals surface area contributed by atoms with Crippen LogP contribution in [0.1, 0.15) is 28.8 Å². The monoisotopic (exact) mass is 495 g/mol. The number of ether oxygens (including phenoxy) is 1. The Morgan fingerprint density at radius 1 is 1.14 bits per heavy atom. The van der Waals surface area contributed by atoms with Crippen LogP contribution < -0.4 is 15.6 Å². The number of hydrogen-bond donors (Lipinski definition) is 2. The number of aromatic carboxylic acids is 1. The number of rotatable bonds is 10. The van der Waals surface area contributed by atoms with Crippen LogP contribution >= 0.6 is 11.8 Å². The first-order chi connectivity index (χ1) is 17.0. The van der Waals surface area contributed by atoms with Crippen LogP contribution in [0.2, 0.25) is 0 Å². The number of piperidine rings is 1. The number of benzene rings is 2. The Labute approximate surface area is 210 Å². The number of pyridine rings is 1. The highest BCUT2D eigenvalue weighted by atomic mass is 32.2. The molecule has 0 saturated carbocycles. The minimum atomic E-state index is -0.881. The average Bonchev–Trinajstić information content (AvgIpc) is 2.87. The summed E-state index contributed by atoms with van der Waals surface area (Å²) in [6.07, 6.45) is 2.13. The van der Waals surface area contributed by atoms with E-state index in [1.807, 2.05) is 41.8 Å². The van der Waals surface area contributed by atoms with Gasteiger partial charge in [0.05, 0.1) is 18.2 Å². The van der Waals surface area contributed by atoms with Gasteiger partial charge in [0.1, 0.15) is 5.75 Å². The molecule has 0 spiro atoms. The molecule has 8 heteroatoms. The van der Waals surface area contributed by atoms with E-state index in [0.29, 0.717) is 18.2 Å². The first kappa shape index (κ1) is 25.3. The fraction of sp³-hybridized carbons (Fsp3) is 0.407. The summed E-state index contributed by atoms with van der Waals surface area (Å²) in [7, 11) is 1.64. The number of carbonyl (C=O) groups is 1. The van der Waals surface area contributed by atoms with E-state index >= 15 is 0 Å². The lowest BCUT2D eigenvalue weighted by molar-refractivity contribution is 0.0693. The third-order valence-electron chi connectivity index (χ3n) is 6.66. The molecule has 0 amide bonds. The van der Waals surface area contributed by atoms with Crippen LogP contribution in [0.5, 0.6) is 5.75 Å². The summed E-state index contributed by atoms with van der Waals surface area (Å²) >= 11 is 1.58. The number of nitrogens with zero attached hydrogens (tertiary/aromatic N) is 2. The number of carboxylic acids is 1. The molecule has 3 aromatic rings. The molecule has 0 bridgehead atoms. The lowest BCUT2D eigenvalue weighted by Crippen LogP contribution is -2.44. The van der Waals surface area contributed by atoms with Gasteiger partial charge in [-0.1, -0.05) is 12.1 Å². The molecule has 1 fully saturated rings. The van der Waals surface area contributed by atoms with E-state index in [9.17, 15) is 14.7 Å². The number of hydrogen-bond acceptors (Lipinski definition) is 6. The third kappa shape index (κ3) is 6.25. The van der Waals surface area contributed by atoms with Gasteiger partial charge >= 0.3 is 5.97 Å². The van der Waals surface area contributed by atoms with E-state index in [1.165, 1.54) is 0 Å². The van der Waals surface area contributed by atoms with Gasteiger partial charge in [0.15, 0.2) is 0 Å². The van der Waals surface area contributed by atoms with Gasteiger partial charge in [-0.25, -0.2) is 4.79 Å². The second kappa shape index (κ2) is 11.7. The van der Waals surface area contributed by atoms with E-state index in [4.69, 9.17) is 4.74 Å². The van der Waals surface area contributed by atoms with Gasteiger partial charge in [-0.15, -0.1) is 11.8 Å². The van der Waals surface area contributed by atoms with E-state index in [-0.39, 0.29) is 5.56 Å². The highest BCUT2D eigenvalue weighted by Crippen LogP contribution is 2.23. The Balaban J connectivity index is 1.25. The number of thioether (sulfide) groups is 1. The number of fused-ring (bicyclic) bond motifs is 1. The van der Waals surface area contributed by atoms with Crippen molar-refractivity contribution in [2.75, 3.05) is 39.0 Å². The van der Waals surface area contributed by atoms with Crippen LogP contribution in [0.25, 0.3) is 10.9 Å². The Hall–Kier alpha value is -2.81. The largest absolute Gasteiger partial charge is 0.497 e. The van der Waals surface area contributed by atoms with E-state index in [2.05, 4.69) is 10.2 Å². The second-order valence-corrected chi connectivity index (χ2v) is 10.1. The number of aryl methyl sites for hydroxylation is 1. The molecular formula is C27H33N3O4S. The first-order valence-electron chi connectivity index (χ1n) is 12.1. The maximum atomic E-state index is 12.7. The molecule has 0 radical (unpaired) electrons. The van der Waals surface area contributed by atoms with E-state index in [0.717, 1.165) is 71.9 Å². The zero-order chi connectivity index (χ0) is 24.8. The highest BCUT2D eigenvalue weighted by Gasteiger charge is 2.19. The Morgan fingerprint density at radius 3 is 2.66 bits per heavy atom. The Bertz CT molecular complexity index is 1230. The summed E-state index contributed by atoms with van der Waals surface area (Å²) in [6, 6.07) is 15.2. The topological polar surface area (TPSA) is 83.8 Å². The van der Waals surface area contributed by atoms with Crippen molar-refractivity contribution in [3.8, 4) is 5.75 Å². The number of carboxylic acid groups (broad SMARTS) is 1. The van der Waals surface area contributed by atoms with Crippen LogP contribution in [-0.4, -0.2) is 65.6 Å². The summed E-state index contributed by atoms with van der Waals surface area (Å²) in [5.41, 5.74) is 2.31. The molecule has 1 aromatic heterocycles. The third-order valence-corrected chi connectivity index (χ3v) is 7.74. The van der Waals surface area contributed by atoms with E-state index < -0.39 is 5.97 Å². The highest BCUT2D eigenvalue weighted by molar-refractivity contribution is 7.99. The predicted octanol–water partition coefficient (Wildman–Crippen LogP) is 3.86. The summed E-state index contributed by atoms with van der Waals surface area (Å²) < 4.78 is 7.25. The number of aromatic nitrogens is 1. The second-order valence-electron chi connectivity index (χ2n) is 8.92. The molecule has 186 valence electrons. The van der Waals surface area contributed by atoms with Gasteiger partial charge in [-0.05, 0) is 62.7 Å². The molecule has 1 saturated heterocycles. The molecule has 2 aromatic carbocycles. The van der Waals surface area contributed by atoms with Crippen molar-refractivity contribution >= 4 is 28.6 Å². The molecule has 0 aliphatic carbocycles. The van der Waals surface area contributed by atoms with Crippen LogP contribution in [0.15, 0.2) is 58.2 Å². The fourth-order valence-electron chi connectivity index (χ4n) is 4.68. The van der Waals surface area contributed by atoms with Crippen molar-refractivity contribution in [1.82, 2.24) is 14.8 Å². The SMILES string of the molecule is COc1ccc2c(C)cc(=O)n(CCN3CCC(NCCSc4ccccc4C(=O)O)CC3)c2c1. The molecule has 2 N–H and O–H groups in total. The fourth-order valence-corrected chi connectivity index (χ4v) is 5.61. The number of methoxy groups -OCH3 is 1. The molecule has 1 aliphatic heterocycles. The van der Waals surface area contributed by atoms with Crippen LogP contribution in [-0.2, 0) is 6.54 Å². The molecule has 2 heterocycles. The van der Waals surface area contributed by atoms with Crippen molar-refractivity contribution in [3.05, 3.63) is 70.0 Å². The Kier molecular flexibility index (Phi) is 8.49. The first-order valence-corrected chi connectivity index (χ1v) is 13.0. The zero-order valence-electron chi connectivity index (χ0n) is 20.3. The zero-order valence-corrected chi connectivity index (χ0v) is 21.1. The molecule has 35 heavy (non-hydrogen) atoms. The van der Waals surface area contributed by atoms with Crippen LogP contribution in [0, 0.1) is 6.92 Å². The van der Waals surface area contributed by atoms with Gasteiger partial charge in [-0.3, -0.25) is 4.79 Å². The van der Waals surface area contributed by atoms with Gasteiger partial charge in [0.25, 0.3) is 5.56 Å². The predicted molar refractivity (Wildman–Crippen MR) is 141 cm³/mol.